The second kappa shape index (κ2) is 12.2. The third-order valence-corrected chi connectivity index (χ3v) is 11.8. The number of aromatic nitrogens is 5. The van der Waals surface area contributed by atoms with E-state index in [9.17, 15) is 0 Å². The average molecular weight is 726 g/mol. The first-order valence-corrected chi connectivity index (χ1v) is 19.2. The zero-order valence-corrected chi connectivity index (χ0v) is 30.6. The van der Waals surface area contributed by atoms with E-state index in [4.69, 9.17) is 19.9 Å². The third-order valence-electron chi connectivity index (χ3n) is 11.8. The zero-order chi connectivity index (χ0) is 37.5. The molecule has 0 fully saturated rings. The van der Waals surface area contributed by atoms with Gasteiger partial charge in [0.15, 0.2) is 17.5 Å². The highest BCUT2D eigenvalue weighted by atomic mass is 15.0. The van der Waals surface area contributed by atoms with Gasteiger partial charge in [0.05, 0.1) is 16.4 Å². The van der Waals surface area contributed by atoms with Crippen LogP contribution in [0.4, 0.5) is 0 Å². The minimum atomic E-state index is -0.466. The van der Waals surface area contributed by atoms with E-state index in [-0.39, 0.29) is 0 Å². The van der Waals surface area contributed by atoms with Gasteiger partial charge >= 0.3 is 0 Å². The van der Waals surface area contributed by atoms with Crippen LogP contribution in [-0.4, -0.2) is 24.9 Å². The van der Waals surface area contributed by atoms with Crippen LogP contribution in [0.3, 0.4) is 0 Å². The molecule has 0 aliphatic heterocycles. The Kier molecular flexibility index (Phi) is 6.78. The van der Waals surface area contributed by atoms with Crippen LogP contribution in [0.25, 0.3) is 89.5 Å². The Labute approximate surface area is 329 Å². The van der Waals surface area contributed by atoms with E-state index >= 15 is 0 Å². The molecule has 0 saturated heterocycles. The molecule has 57 heavy (non-hydrogen) atoms. The first-order chi connectivity index (χ1) is 28.2. The molecule has 5 heteroatoms. The molecule has 2 aliphatic carbocycles. The molecular formula is C52H31N5. The molecule has 0 bridgehead atoms. The van der Waals surface area contributed by atoms with E-state index < -0.39 is 5.41 Å². The zero-order valence-electron chi connectivity index (χ0n) is 30.6. The smallest absolute Gasteiger partial charge is 0.182 e. The molecular weight excluding hydrogens is 695 g/mol. The first-order valence-electron chi connectivity index (χ1n) is 19.2. The van der Waals surface area contributed by atoms with Crippen LogP contribution in [0.15, 0.2) is 188 Å². The number of hydrogen-bond donors (Lipinski definition) is 0. The van der Waals surface area contributed by atoms with Gasteiger partial charge in [0.25, 0.3) is 0 Å². The Balaban J connectivity index is 1.04. The summed E-state index contributed by atoms with van der Waals surface area (Å²) in [4.78, 5) is 25.1. The summed E-state index contributed by atoms with van der Waals surface area (Å²) in [7, 11) is 0. The van der Waals surface area contributed by atoms with Crippen molar-refractivity contribution in [1.29, 1.82) is 0 Å². The Morgan fingerprint density at radius 2 is 0.895 bits per heavy atom. The number of nitrogens with zero attached hydrogens (tertiary/aromatic N) is 5. The predicted octanol–water partition coefficient (Wildman–Crippen LogP) is 12.0. The van der Waals surface area contributed by atoms with Gasteiger partial charge in [-0.2, -0.15) is 0 Å². The fraction of sp³-hybridized carbons (Fsp3) is 0.0192. The van der Waals surface area contributed by atoms with Gasteiger partial charge in [-0.1, -0.05) is 146 Å². The second-order valence-electron chi connectivity index (χ2n) is 14.8. The van der Waals surface area contributed by atoms with Crippen molar-refractivity contribution in [3.8, 4) is 67.7 Å². The minimum Gasteiger partial charge on any atom is -0.256 e. The highest BCUT2D eigenvalue weighted by molar-refractivity contribution is 5.96. The Morgan fingerprint density at radius 3 is 1.63 bits per heavy atom. The van der Waals surface area contributed by atoms with Crippen LogP contribution in [-0.2, 0) is 5.41 Å². The highest BCUT2D eigenvalue weighted by Gasteiger charge is 2.51. The summed E-state index contributed by atoms with van der Waals surface area (Å²) in [5.41, 5.74) is 16.3. The summed E-state index contributed by atoms with van der Waals surface area (Å²) in [6.07, 6.45) is 1.83. The maximum Gasteiger partial charge on any atom is 0.182 e. The standard InChI is InChI=1S/C52H31N5/c1-2-11-33(12-3-1)49-55-50(57-51(56-49)47-27-23-32-20-21-35(31-48(32)54-47)34-24-26-46-36(29-34)13-10-28-53-46)37-22-25-41-40-16-6-9-19-44(40)52(45(41)30-37)42-17-7-4-14-38(42)39-15-5-8-18-43(39)52/h1-31H. The Bertz CT molecular complexity index is 3200. The van der Waals surface area contributed by atoms with Crippen molar-refractivity contribution in [2.75, 3.05) is 0 Å². The van der Waals surface area contributed by atoms with E-state index in [2.05, 4.69) is 145 Å². The van der Waals surface area contributed by atoms with Crippen molar-refractivity contribution in [2.24, 2.45) is 0 Å². The van der Waals surface area contributed by atoms with Gasteiger partial charge < -0.3 is 0 Å². The van der Waals surface area contributed by atoms with Crippen LogP contribution in [0.2, 0.25) is 0 Å². The SMILES string of the molecule is c1ccc(-c2nc(-c3ccc4c(c3)C3(c5ccccc5-c5ccccc53)c3ccccc3-4)nc(-c3ccc4ccc(-c5ccc6ncccc6c5)cc4n3)n2)cc1. The number of rotatable bonds is 4. The molecule has 2 aliphatic rings. The molecule has 0 unspecified atom stereocenters. The predicted molar refractivity (Wildman–Crippen MR) is 228 cm³/mol. The normalized spacial score (nSPS) is 13.1. The molecule has 0 radical (unpaired) electrons. The number of benzene rings is 7. The fourth-order valence-electron chi connectivity index (χ4n) is 9.25. The summed E-state index contributed by atoms with van der Waals surface area (Å²) < 4.78 is 0. The maximum absolute atomic E-state index is 5.21. The summed E-state index contributed by atoms with van der Waals surface area (Å²) >= 11 is 0. The van der Waals surface area contributed by atoms with Crippen molar-refractivity contribution < 1.29 is 0 Å². The molecule has 0 N–H and O–H groups in total. The largest absolute Gasteiger partial charge is 0.256 e. The lowest BCUT2D eigenvalue weighted by atomic mass is 9.70. The quantitative estimate of drug-likeness (QED) is 0.181. The van der Waals surface area contributed by atoms with Crippen molar-refractivity contribution in [1.82, 2.24) is 24.9 Å². The van der Waals surface area contributed by atoms with Gasteiger partial charge in [0.1, 0.15) is 5.69 Å². The lowest BCUT2D eigenvalue weighted by molar-refractivity contribution is 0.794. The maximum atomic E-state index is 5.21. The molecule has 1 spiro atoms. The highest BCUT2D eigenvalue weighted by Crippen LogP contribution is 2.63. The lowest BCUT2D eigenvalue weighted by Gasteiger charge is -2.30. The summed E-state index contributed by atoms with van der Waals surface area (Å²) in [5.74, 6) is 1.73. The number of pyridine rings is 2. The van der Waals surface area contributed by atoms with E-state index in [0.29, 0.717) is 23.2 Å². The van der Waals surface area contributed by atoms with Crippen LogP contribution >= 0.6 is 0 Å². The molecule has 5 nitrogen and oxygen atoms in total. The molecule has 12 rings (SSSR count). The third kappa shape index (κ3) is 4.72. The second-order valence-corrected chi connectivity index (χ2v) is 14.8. The Hall–Kier alpha value is -7.63. The van der Waals surface area contributed by atoms with Crippen molar-refractivity contribution in [2.45, 2.75) is 5.41 Å². The molecule has 0 saturated carbocycles. The Morgan fingerprint density at radius 1 is 0.316 bits per heavy atom. The van der Waals surface area contributed by atoms with Crippen LogP contribution in [0.5, 0.6) is 0 Å². The number of hydrogen-bond acceptors (Lipinski definition) is 5. The van der Waals surface area contributed by atoms with Crippen molar-refractivity contribution in [3.63, 3.8) is 0 Å². The van der Waals surface area contributed by atoms with Gasteiger partial charge in [-0.3, -0.25) is 4.98 Å². The summed E-state index contributed by atoms with van der Waals surface area (Å²) in [6, 6.07) is 64.5. The molecule has 10 aromatic rings. The topological polar surface area (TPSA) is 64.5 Å². The van der Waals surface area contributed by atoms with Gasteiger partial charge in [0, 0.05) is 28.1 Å². The van der Waals surface area contributed by atoms with E-state index in [1.807, 2.05) is 48.7 Å². The van der Waals surface area contributed by atoms with Gasteiger partial charge in [0.2, 0.25) is 0 Å². The molecule has 7 aromatic carbocycles. The van der Waals surface area contributed by atoms with E-state index in [1.54, 1.807) is 0 Å². The van der Waals surface area contributed by atoms with E-state index in [0.717, 1.165) is 44.1 Å². The number of fused-ring (bicyclic) bond motifs is 12. The molecule has 264 valence electrons. The summed E-state index contributed by atoms with van der Waals surface area (Å²) in [6.45, 7) is 0. The minimum absolute atomic E-state index is 0.466. The lowest BCUT2D eigenvalue weighted by Crippen LogP contribution is -2.25. The van der Waals surface area contributed by atoms with Gasteiger partial charge in [-0.05, 0) is 92.0 Å². The van der Waals surface area contributed by atoms with Crippen LogP contribution < -0.4 is 0 Å². The monoisotopic (exact) mass is 725 g/mol. The molecule has 0 atom stereocenters. The van der Waals surface area contributed by atoms with Crippen LogP contribution in [0.1, 0.15) is 22.3 Å². The molecule has 3 heterocycles. The average Bonchev–Trinajstić information content (AvgIpc) is 3.76. The van der Waals surface area contributed by atoms with Gasteiger partial charge in [-0.25, -0.2) is 19.9 Å². The fourth-order valence-corrected chi connectivity index (χ4v) is 9.25. The first kappa shape index (κ1) is 31.7. The van der Waals surface area contributed by atoms with Crippen LogP contribution in [0, 0.1) is 0 Å². The van der Waals surface area contributed by atoms with Crippen molar-refractivity contribution >= 4 is 21.8 Å². The van der Waals surface area contributed by atoms with Crippen molar-refractivity contribution in [3.05, 3.63) is 210 Å². The molecule has 3 aromatic heterocycles. The van der Waals surface area contributed by atoms with E-state index in [1.165, 1.54) is 44.5 Å². The summed E-state index contributed by atoms with van der Waals surface area (Å²) in [5, 5.41) is 2.15. The molecule has 0 amide bonds. The van der Waals surface area contributed by atoms with Gasteiger partial charge in [-0.15, -0.1) is 0 Å².